The normalized spacial score (nSPS) is 12.3. The Morgan fingerprint density at radius 3 is 1.80 bits per heavy atom. The SMILES string of the molecule is CCCCCCCCCCCCCCCC(=O)OC(COc1ccc(Cl)cc1)C(=O)NC(C)(C)C. The van der Waals surface area contributed by atoms with Crippen molar-refractivity contribution in [1.82, 2.24) is 5.32 Å². The molecule has 5 nitrogen and oxygen atoms in total. The molecule has 1 atom stereocenters. The number of rotatable bonds is 19. The van der Waals surface area contributed by atoms with E-state index < -0.39 is 11.6 Å². The number of halogens is 1. The van der Waals surface area contributed by atoms with Crippen molar-refractivity contribution in [3.8, 4) is 5.75 Å². The van der Waals surface area contributed by atoms with Gasteiger partial charge in [-0.1, -0.05) is 95.6 Å². The summed E-state index contributed by atoms with van der Waals surface area (Å²) in [5.74, 6) is -0.150. The van der Waals surface area contributed by atoms with Crippen LogP contribution in [0.1, 0.15) is 118 Å². The van der Waals surface area contributed by atoms with Gasteiger partial charge in [0.25, 0.3) is 5.91 Å². The molecule has 6 heteroatoms. The van der Waals surface area contributed by atoms with Crippen molar-refractivity contribution in [3.63, 3.8) is 0 Å². The molecule has 0 fully saturated rings. The Labute approximate surface area is 218 Å². The average molecular weight is 510 g/mol. The molecule has 0 aliphatic carbocycles. The van der Waals surface area contributed by atoms with Crippen LogP contribution in [-0.4, -0.2) is 30.1 Å². The van der Waals surface area contributed by atoms with Gasteiger partial charge in [-0.2, -0.15) is 0 Å². The van der Waals surface area contributed by atoms with Gasteiger partial charge < -0.3 is 14.8 Å². The number of nitrogens with one attached hydrogen (secondary N) is 1. The Morgan fingerprint density at radius 1 is 0.829 bits per heavy atom. The molecule has 1 amide bonds. The maximum absolute atomic E-state index is 12.7. The fourth-order valence-corrected chi connectivity index (χ4v) is 3.95. The first-order valence-corrected chi connectivity index (χ1v) is 14.0. The number of hydrogen-bond acceptors (Lipinski definition) is 4. The van der Waals surface area contributed by atoms with Gasteiger partial charge in [0.15, 0.2) is 0 Å². The summed E-state index contributed by atoms with van der Waals surface area (Å²) in [7, 11) is 0. The Hall–Kier alpha value is -1.75. The average Bonchev–Trinajstić information content (AvgIpc) is 2.79. The third kappa shape index (κ3) is 17.3. The first-order valence-electron chi connectivity index (χ1n) is 13.6. The van der Waals surface area contributed by atoms with Crippen LogP contribution in [0.4, 0.5) is 0 Å². The smallest absolute Gasteiger partial charge is 0.306 e. The van der Waals surface area contributed by atoms with Gasteiger partial charge in [0.1, 0.15) is 12.4 Å². The molecular formula is C29H48ClNO4. The van der Waals surface area contributed by atoms with Crippen molar-refractivity contribution in [2.45, 2.75) is 129 Å². The number of esters is 1. The Morgan fingerprint density at radius 2 is 1.31 bits per heavy atom. The van der Waals surface area contributed by atoms with Crippen molar-refractivity contribution in [1.29, 1.82) is 0 Å². The molecule has 0 aromatic heterocycles. The molecule has 0 heterocycles. The van der Waals surface area contributed by atoms with Crippen LogP contribution >= 0.6 is 11.6 Å². The molecule has 0 spiro atoms. The van der Waals surface area contributed by atoms with E-state index in [0.29, 0.717) is 17.2 Å². The number of hydrogen-bond donors (Lipinski definition) is 1. The Kier molecular flexibility index (Phi) is 16.5. The third-order valence-corrected chi connectivity index (χ3v) is 6.02. The van der Waals surface area contributed by atoms with Crippen LogP contribution in [0.25, 0.3) is 0 Å². The molecule has 1 rings (SSSR count). The van der Waals surface area contributed by atoms with E-state index in [1.54, 1.807) is 24.3 Å². The second-order valence-electron chi connectivity index (χ2n) is 10.5. The van der Waals surface area contributed by atoms with Crippen molar-refractivity contribution in [3.05, 3.63) is 29.3 Å². The molecule has 0 saturated heterocycles. The second kappa shape index (κ2) is 18.5. The van der Waals surface area contributed by atoms with Crippen LogP contribution in [0.5, 0.6) is 5.75 Å². The van der Waals surface area contributed by atoms with Gasteiger partial charge in [-0.25, -0.2) is 0 Å². The summed E-state index contributed by atoms with van der Waals surface area (Å²) in [6.07, 6.45) is 15.6. The summed E-state index contributed by atoms with van der Waals surface area (Å²) >= 11 is 5.91. The second-order valence-corrected chi connectivity index (χ2v) is 10.9. The van der Waals surface area contributed by atoms with E-state index in [2.05, 4.69) is 12.2 Å². The molecule has 200 valence electrons. The minimum absolute atomic E-state index is 0.0477. The van der Waals surface area contributed by atoms with Gasteiger partial charge in [-0.05, 0) is 51.5 Å². The fourth-order valence-electron chi connectivity index (χ4n) is 3.82. The highest BCUT2D eigenvalue weighted by molar-refractivity contribution is 6.30. The summed E-state index contributed by atoms with van der Waals surface area (Å²) in [5.41, 5.74) is -0.433. The molecular weight excluding hydrogens is 462 g/mol. The van der Waals surface area contributed by atoms with Crippen LogP contribution in [0.2, 0.25) is 5.02 Å². The number of carbonyl (C=O) groups is 2. The highest BCUT2D eigenvalue weighted by atomic mass is 35.5. The molecule has 1 N–H and O–H groups in total. The zero-order valence-corrected chi connectivity index (χ0v) is 23.3. The maximum atomic E-state index is 12.7. The third-order valence-electron chi connectivity index (χ3n) is 5.76. The molecule has 1 unspecified atom stereocenters. The van der Waals surface area contributed by atoms with Gasteiger partial charge >= 0.3 is 5.97 Å². The van der Waals surface area contributed by atoms with Crippen LogP contribution in [0.15, 0.2) is 24.3 Å². The van der Waals surface area contributed by atoms with E-state index in [4.69, 9.17) is 21.1 Å². The van der Waals surface area contributed by atoms with Gasteiger partial charge in [-0.3, -0.25) is 9.59 Å². The summed E-state index contributed by atoms with van der Waals surface area (Å²) in [5, 5.41) is 3.47. The van der Waals surface area contributed by atoms with E-state index in [1.807, 2.05) is 20.8 Å². The lowest BCUT2D eigenvalue weighted by molar-refractivity contribution is -0.158. The lowest BCUT2D eigenvalue weighted by Crippen LogP contribution is -2.49. The highest BCUT2D eigenvalue weighted by Gasteiger charge is 2.27. The largest absolute Gasteiger partial charge is 0.489 e. The summed E-state index contributed by atoms with van der Waals surface area (Å²) in [6, 6.07) is 6.86. The van der Waals surface area contributed by atoms with E-state index in [-0.39, 0.29) is 18.5 Å². The van der Waals surface area contributed by atoms with Crippen molar-refractivity contribution in [2.75, 3.05) is 6.61 Å². The molecule has 0 saturated carbocycles. The summed E-state index contributed by atoms with van der Waals surface area (Å²) < 4.78 is 11.2. The molecule has 0 radical (unpaired) electrons. The fraction of sp³-hybridized carbons (Fsp3) is 0.724. The van der Waals surface area contributed by atoms with Crippen molar-refractivity contribution < 1.29 is 19.1 Å². The van der Waals surface area contributed by atoms with Crippen LogP contribution < -0.4 is 10.1 Å². The van der Waals surface area contributed by atoms with Crippen LogP contribution in [0, 0.1) is 0 Å². The molecule has 0 aliphatic rings. The predicted octanol–water partition coefficient (Wildman–Crippen LogP) is 8.03. The van der Waals surface area contributed by atoms with E-state index >= 15 is 0 Å². The quantitative estimate of drug-likeness (QED) is 0.151. The number of carbonyl (C=O) groups excluding carboxylic acids is 2. The van der Waals surface area contributed by atoms with Crippen molar-refractivity contribution in [2.24, 2.45) is 0 Å². The van der Waals surface area contributed by atoms with Crippen molar-refractivity contribution >= 4 is 23.5 Å². The lowest BCUT2D eigenvalue weighted by Gasteiger charge is -2.25. The summed E-state index contributed by atoms with van der Waals surface area (Å²) in [6.45, 7) is 7.87. The number of unbranched alkanes of at least 4 members (excludes halogenated alkanes) is 12. The molecule has 0 bridgehead atoms. The lowest BCUT2D eigenvalue weighted by atomic mass is 10.0. The highest BCUT2D eigenvalue weighted by Crippen LogP contribution is 2.17. The summed E-state index contributed by atoms with van der Waals surface area (Å²) in [4.78, 5) is 25.1. The van der Waals surface area contributed by atoms with Gasteiger partial charge in [0.05, 0.1) is 0 Å². The topological polar surface area (TPSA) is 64.6 Å². The standard InChI is InChI=1S/C29H48ClNO4/c1-5-6-7-8-9-10-11-12-13-14-15-16-17-18-27(32)35-26(28(33)31-29(2,3)4)23-34-25-21-19-24(30)20-22-25/h19-22,26H,5-18,23H2,1-4H3,(H,31,33). The Balaban J connectivity index is 2.25. The molecule has 35 heavy (non-hydrogen) atoms. The number of amides is 1. The van der Waals surface area contributed by atoms with E-state index in [9.17, 15) is 9.59 Å². The zero-order valence-electron chi connectivity index (χ0n) is 22.5. The predicted molar refractivity (Wildman–Crippen MR) is 145 cm³/mol. The first kappa shape index (κ1) is 31.3. The van der Waals surface area contributed by atoms with Crippen LogP contribution in [0.3, 0.4) is 0 Å². The first-order chi connectivity index (χ1) is 16.7. The number of ether oxygens (including phenoxy) is 2. The van der Waals surface area contributed by atoms with E-state index in [0.717, 1.165) is 19.3 Å². The molecule has 1 aromatic rings. The minimum Gasteiger partial charge on any atom is -0.489 e. The zero-order chi connectivity index (χ0) is 25.9. The number of benzene rings is 1. The van der Waals surface area contributed by atoms with Gasteiger partial charge in [0, 0.05) is 17.0 Å². The van der Waals surface area contributed by atoms with E-state index in [1.165, 1.54) is 64.2 Å². The minimum atomic E-state index is -1.00. The Bertz CT molecular complexity index is 700. The molecule has 0 aliphatic heterocycles. The molecule has 1 aromatic carbocycles. The monoisotopic (exact) mass is 509 g/mol. The van der Waals surface area contributed by atoms with Gasteiger partial charge in [-0.15, -0.1) is 0 Å². The van der Waals surface area contributed by atoms with Crippen LogP contribution in [-0.2, 0) is 14.3 Å². The maximum Gasteiger partial charge on any atom is 0.306 e. The van der Waals surface area contributed by atoms with Gasteiger partial charge in [0.2, 0.25) is 6.10 Å².